The van der Waals surface area contributed by atoms with E-state index in [0.29, 0.717) is 11.7 Å². The molecule has 0 spiro atoms. The Morgan fingerprint density at radius 2 is 2.00 bits per heavy atom. The Morgan fingerprint density at radius 3 is 2.45 bits per heavy atom. The molecule has 0 radical (unpaired) electrons. The Kier molecular flexibility index (Phi) is 1.95. The highest BCUT2D eigenvalue weighted by Gasteiger charge is 2.33. The molecule has 2 nitrogen and oxygen atoms in total. The normalized spacial score (nSPS) is 31.8. The molecule has 2 heteroatoms. The van der Waals surface area contributed by atoms with E-state index in [1.165, 1.54) is 6.42 Å². The summed E-state index contributed by atoms with van der Waals surface area (Å²) in [6.45, 7) is 0.795. The zero-order valence-electron chi connectivity index (χ0n) is 6.71. The molecule has 0 amide bonds. The molecule has 0 unspecified atom stereocenters. The van der Waals surface area contributed by atoms with Crippen LogP contribution in [0.4, 0.5) is 0 Å². The van der Waals surface area contributed by atoms with Crippen LogP contribution in [-0.2, 0) is 9.53 Å². The molecule has 2 rings (SSSR count). The summed E-state index contributed by atoms with van der Waals surface area (Å²) < 4.78 is 5.32. The van der Waals surface area contributed by atoms with E-state index in [2.05, 4.69) is 0 Å². The number of ether oxygens (including phenoxy) is 1. The predicted octanol–water partition coefficient (Wildman–Crippen LogP) is 1.53. The Hall–Kier alpha value is -0.370. The van der Waals surface area contributed by atoms with Crippen LogP contribution in [0, 0.1) is 5.92 Å². The van der Waals surface area contributed by atoms with Crippen molar-refractivity contribution in [3.63, 3.8) is 0 Å². The molecule has 0 bridgehead atoms. The molecule has 0 aromatic rings. The number of carbonyl (C=O) groups is 1. The maximum atomic E-state index is 11.5. The Labute approximate surface area is 66.9 Å². The standard InChI is InChI=1S/C9H14O2/c10-9(7-3-1-4-7)8-5-2-6-11-8/h7-8H,1-6H2/t8-/m1/s1. The Morgan fingerprint density at radius 1 is 1.18 bits per heavy atom. The van der Waals surface area contributed by atoms with Gasteiger partial charge in [-0.2, -0.15) is 0 Å². The summed E-state index contributed by atoms with van der Waals surface area (Å²) in [5.74, 6) is 0.742. The average molecular weight is 154 g/mol. The molecule has 1 aliphatic carbocycles. The molecule has 62 valence electrons. The molecule has 0 N–H and O–H groups in total. The van der Waals surface area contributed by atoms with Crippen molar-refractivity contribution in [3.8, 4) is 0 Å². The molecule has 1 saturated carbocycles. The van der Waals surface area contributed by atoms with Gasteiger partial charge in [-0.1, -0.05) is 6.42 Å². The second-order valence-corrected chi connectivity index (χ2v) is 3.53. The van der Waals surface area contributed by atoms with Crippen molar-refractivity contribution < 1.29 is 9.53 Å². The molecule has 1 heterocycles. The molecular formula is C9H14O2. The first-order chi connectivity index (χ1) is 5.38. The number of ketones is 1. The van der Waals surface area contributed by atoms with Crippen LogP contribution in [0.25, 0.3) is 0 Å². The van der Waals surface area contributed by atoms with Crippen molar-refractivity contribution in [1.82, 2.24) is 0 Å². The minimum absolute atomic E-state index is 0.0275. The zero-order chi connectivity index (χ0) is 7.68. The van der Waals surface area contributed by atoms with Gasteiger partial charge in [-0.25, -0.2) is 0 Å². The van der Waals surface area contributed by atoms with Gasteiger partial charge in [-0.15, -0.1) is 0 Å². The minimum atomic E-state index is -0.0275. The van der Waals surface area contributed by atoms with Gasteiger partial charge >= 0.3 is 0 Å². The summed E-state index contributed by atoms with van der Waals surface area (Å²) in [5, 5.41) is 0. The topological polar surface area (TPSA) is 26.3 Å². The summed E-state index contributed by atoms with van der Waals surface area (Å²) in [7, 11) is 0. The molecule has 0 aromatic carbocycles. The lowest BCUT2D eigenvalue weighted by atomic mass is 9.80. The first-order valence-electron chi connectivity index (χ1n) is 4.53. The van der Waals surface area contributed by atoms with Crippen LogP contribution in [0.5, 0.6) is 0 Å². The van der Waals surface area contributed by atoms with Gasteiger partial charge in [-0.05, 0) is 25.7 Å². The number of rotatable bonds is 2. The lowest BCUT2D eigenvalue weighted by Gasteiger charge is -2.25. The van der Waals surface area contributed by atoms with E-state index in [1.807, 2.05) is 0 Å². The smallest absolute Gasteiger partial charge is 0.164 e. The van der Waals surface area contributed by atoms with E-state index in [0.717, 1.165) is 32.3 Å². The second-order valence-electron chi connectivity index (χ2n) is 3.53. The molecule has 1 saturated heterocycles. The Balaban J connectivity index is 1.87. The van der Waals surface area contributed by atoms with Crippen molar-refractivity contribution >= 4 is 5.78 Å². The quantitative estimate of drug-likeness (QED) is 0.603. The van der Waals surface area contributed by atoms with E-state index in [9.17, 15) is 4.79 Å². The molecular weight excluding hydrogens is 140 g/mol. The number of carbonyl (C=O) groups excluding carboxylic acids is 1. The second kappa shape index (κ2) is 2.94. The van der Waals surface area contributed by atoms with Gasteiger partial charge < -0.3 is 4.74 Å². The van der Waals surface area contributed by atoms with Crippen molar-refractivity contribution in [2.24, 2.45) is 5.92 Å². The largest absolute Gasteiger partial charge is 0.370 e. The first kappa shape index (κ1) is 7.29. The van der Waals surface area contributed by atoms with Crippen molar-refractivity contribution in [2.45, 2.75) is 38.2 Å². The highest BCUT2D eigenvalue weighted by molar-refractivity contribution is 5.86. The molecule has 2 aliphatic rings. The van der Waals surface area contributed by atoms with Crippen molar-refractivity contribution in [1.29, 1.82) is 0 Å². The fourth-order valence-electron chi connectivity index (χ4n) is 1.76. The highest BCUT2D eigenvalue weighted by atomic mass is 16.5. The molecule has 1 atom stereocenters. The third kappa shape index (κ3) is 1.32. The molecule has 0 aromatic heterocycles. The van der Waals surface area contributed by atoms with Crippen molar-refractivity contribution in [3.05, 3.63) is 0 Å². The van der Waals surface area contributed by atoms with Crippen LogP contribution in [0.3, 0.4) is 0 Å². The molecule has 2 fully saturated rings. The number of Topliss-reactive ketones (excluding diaryl/α,β-unsaturated/α-hetero) is 1. The van der Waals surface area contributed by atoms with Crippen LogP contribution in [0.2, 0.25) is 0 Å². The summed E-state index contributed by atoms with van der Waals surface area (Å²) in [4.78, 5) is 11.5. The molecule has 11 heavy (non-hydrogen) atoms. The fourth-order valence-corrected chi connectivity index (χ4v) is 1.76. The fraction of sp³-hybridized carbons (Fsp3) is 0.889. The van der Waals surface area contributed by atoms with Gasteiger partial charge in [0, 0.05) is 12.5 Å². The van der Waals surface area contributed by atoms with Crippen LogP contribution in [-0.4, -0.2) is 18.5 Å². The summed E-state index contributed by atoms with van der Waals surface area (Å²) >= 11 is 0. The van der Waals surface area contributed by atoms with E-state index in [1.54, 1.807) is 0 Å². The van der Waals surface area contributed by atoms with Crippen LogP contribution in [0.1, 0.15) is 32.1 Å². The summed E-state index contributed by atoms with van der Waals surface area (Å²) in [6, 6.07) is 0. The van der Waals surface area contributed by atoms with Gasteiger partial charge in [0.05, 0.1) is 0 Å². The SMILES string of the molecule is O=C(C1CCC1)[C@H]1CCCO1. The van der Waals surface area contributed by atoms with Gasteiger partial charge in [0.25, 0.3) is 0 Å². The molecule has 1 aliphatic heterocycles. The van der Waals surface area contributed by atoms with E-state index in [-0.39, 0.29) is 6.10 Å². The summed E-state index contributed by atoms with van der Waals surface area (Å²) in [6.07, 6.45) is 5.47. The van der Waals surface area contributed by atoms with E-state index < -0.39 is 0 Å². The Bertz CT molecular complexity index is 155. The van der Waals surface area contributed by atoms with E-state index >= 15 is 0 Å². The summed E-state index contributed by atoms with van der Waals surface area (Å²) in [5.41, 5.74) is 0. The average Bonchev–Trinajstić information content (AvgIpc) is 2.32. The van der Waals surface area contributed by atoms with Gasteiger partial charge in [0.15, 0.2) is 5.78 Å². The lowest BCUT2D eigenvalue weighted by Crippen LogP contribution is -2.31. The monoisotopic (exact) mass is 154 g/mol. The third-order valence-corrected chi connectivity index (χ3v) is 2.75. The highest BCUT2D eigenvalue weighted by Crippen LogP contribution is 2.30. The lowest BCUT2D eigenvalue weighted by molar-refractivity contribution is -0.134. The third-order valence-electron chi connectivity index (χ3n) is 2.75. The van der Waals surface area contributed by atoms with E-state index in [4.69, 9.17) is 4.74 Å². The van der Waals surface area contributed by atoms with Crippen molar-refractivity contribution in [2.75, 3.05) is 6.61 Å². The van der Waals surface area contributed by atoms with Gasteiger partial charge in [-0.3, -0.25) is 4.79 Å². The maximum absolute atomic E-state index is 11.5. The van der Waals surface area contributed by atoms with Gasteiger partial charge in [0.1, 0.15) is 6.10 Å². The minimum Gasteiger partial charge on any atom is -0.370 e. The predicted molar refractivity (Wildman–Crippen MR) is 41.3 cm³/mol. The van der Waals surface area contributed by atoms with Crippen LogP contribution in [0.15, 0.2) is 0 Å². The van der Waals surface area contributed by atoms with Crippen LogP contribution < -0.4 is 0 Å². The number of hydrogen-bond donors (Lipinski definition) is 0. The maximum Gasteiger partial charge on any atom is 0.164 e. The number of hydrogen-bond acceptors (Lipinski definition) is 2. The zero-order valence-corrected chi connectivity index (χ0v) is 6.71. The first-order valence-corrected chi connectivity index (χ1v) is 4.53. The van der Waals surface area contributed by atoms with Gasteiger partial charge in [0.2, 0.25) is 0 Å². The van der Waals surface area contributed by atoms with Crippen LogP contribution >= 0.6 is 0 Å².